The van der Waals surface area contributed by atoms with Crippen molar-refractivity contribution in [2.24, 2.45) is 0 Å². The third-order valence-electron chi connectivity index (χ3n) is 2.13. The van der Waals surface area contributed by atoms with E-state index in [9.17, 15) is 4.79 Å². The highest BCUT2D eigenvalue weighted by atomic mass is 16.6. The van der Waals surface area contributed by atoms with Gasteiger partial charge in [-0.05, 0) is 33.6 Å². The molecule has 0 saturated carbocycles. The Kier molecular flexibility index (Phi) is 7.11. The molecule has 0 atom stereocenters. The maximum absolute atomic E-state index is 11.9. The molecule has 0 aromatic heterocycles. The van der Waals surface area contributed by atoms with Gasteiger partial charge in [-0.2, -0.15) is 0 Å². The van der Waals surface area contributed by atoms with Gasteiger partial charge >= 0.3 is 5.97 Å². The van der Waals surface area contributed by atoms with Gasteiger partial charge in [-0.15, -0.1) is 0 Å². The predicted octanol–water partition coefficient (Wildman–Crippen LogP) is 4.24. The first-order valence-electron chi connectivity index (χ1n) is 6.33. The number of allylic oxidation sites excluding steroid dienone is 1. The van der Waals surface area contributed by atoms with Crippen LogP contribution in [0.25, 0.3) is 0 Å². The molecule has 0 radical (unpaired) electrons. The standard InChI is InChI=1S/C14H26O2/c1-6-8-9-11-12(10-7-2)13(15)16-14(3,4)5/h11H,6-10H2,1-5H3. The van der Waals surface area contributed by atoms with Gasteiger partial charge in [-0.25, -0.2) is 4.79 Å². The van der Waals surface area contributed by atoms with Crippen LogP contribution in [0.4, 0.5) is 0 Å². The van der Waals surface area contributed by atoms with E-state index >= 15 is 0 Å². The molecule has 2 nitrogen and oxygen atoms in total. The SMILES string of the molecule is CCCCC=C(CCC)C(=O)OC(C)(C)C. The van der Waals surface area contributed by atoms with Crippen molar-refractivity contribution in [3.63, 3.8) is 0 Å². The summed E-state index contributed by atoms with van der Waals surface area (Å²) in [6.45, 7) is 9.94. The average Bonchev–Trinajstić information content (AvgIpc) is 2.14. The summed E-state index contributed by atoms with van der Waals surface area (Å²) in [6, 6.07) is 0. The topological polar surface area (TPSA) is 26.3 Å². The Balaban J connectivity index is 4.40. The molecule has 94 valence electrons. The highest BCUT2D eigenvalue weighted by Gasteiger charge is 2.18. The maximum Gasteiger partial charge on any atom is 0.334 e. The molecular weight excluding hydrogens is 200 g/mol. The molecule has 0 amide bonds. The lowest BCUT2D eigenvalue weighted by Crippen LogP contribution is -2.24. The van der Waals surface area contributed by atoms with Crippen LogP contribution >= 0.6 is 0 Å². The minimum atomic E-state index is -0.394. The first-order valence-corrected chi connectivity index (χ1v) is 6.33. The number of carbonyl (C=O) groups is 1. The Labute approximate surface area is 100 Å². The van der Waals surface area contributed by atoms with E-state index in [4.69, 9.17) is 4.74 Å². The average molecular weight is 226 g/mol. The fourth-order valence-electron chi connectivity index (χ4n) is 1.38. The van der Waals surface area contributed by atoms with Gasteiger partial charge < -0.3 is 4.74 Å². The van der Waals surface area contributed by atoms with Gasteiger partial charge in [0.05, 0.1) is 0 Å². The number of hydrogen-bond donors (Lipinski definition) is 0. The van der Waals surface area contributed by atoms with Crippen LogP contribution in [0.15, 0.2) is 11.6 Å². The molecular formula is C14H26O2. The van der Waals surface area contributed by atoms with E-state index in [1.54, 1.807) is 0 Å². The number of ether oxygens (including phenoxy) is 1. The van der Waals surface area contributed by atoms with Gasteiger partial charge in [0.15, 0.2) is 0 Å². The summed E-state index contributed by atoms with van der Waals surface area (Å²) in [5, 5.41) is 0. The van der Waals surface area contributed by atoms with Gasteiger partial charge in [-0.3, -0.25) is 0 Å². The van der Waals surface area contributed by atoms with Crippen LogP contribution in [-0.4, -0.2) is 11.6 Å². The van der Waals surface area contributed by atoms with Crippen LogP contribution < -0.4 is 0 Å². The highest BCUT2D eigenvalue weighted by molar-refractivity contribution is 5.88. The number of unbranched alkanes of at least 4 members (excludes halogenated alkanes) is 2. The second-order valence-corrected chi connectivity index (χ2v) is 5.12. The Bertz CT molecular complexity index is 234. The summed E-state index contributed by atoms with van der Waals surface area (Å²) in [5.74, 6) is -0.148. The van der Waals surface area contributed by atoms with Gasteiger partial charge in [0.1, 0.15) is 5.60 Å². The van der Waals surface area contributed by atoms with Crippen LogP contribution in [0.2, 0.25) is 0 Å². The van der Waals surface area contributed by atoms with Gasteiger partial charge in [0, 0.05) is 5.57 Å². The Morgan fingerprint density at radius 1 is 1.19 bits per heavy atom. The second kappa shape index (κ2) is 7.48. The molecule has 0 N–H and O–H groups in total. The van der Waals surface area contributed by atoms with Gasteiger partial charge in [0.25, 0.3) is 0 Å². The van der Waals surface area contributed by atoms with Crippen molar-refractivity contribution in [1.82, 2.24) is 0 Å². The molecule has 16 heavy (non-hydrogen) atoms. The van der Waals surface area contributed by atoms with E-state index in [0.717, 1.165) is 37.7 Å². The Morgan fingerprint density at radius 2 is 1.81 bits per heavy atom. The number of esters is 1. The molecule has 2 heteroatoms. The Hall–Kier alpha value is -0.790. The lowest BCUT2D eigenvalue weighted by molar-refractivity contribution is -0.150. The smallest absolute Gasteiger partial charge is 0.334 e. The van der Waals surface area contributed by atoms with E-state index in [2.05, 4.69) is 13.8 Å². The largest absolute Gasteiger partial charge is 0.457 e. The highest BCUT2D eigenvalue weighted by Crippen LogP contribution is 2.15. The molecule has 0 unspecified atom stereocenters. The van der Waals surface area contributed by atoms with Crippen molar-refractivity contribution < 1.29 is 9.53 Å². The molecule has 0 rings (SSSR count). The predicted molar refractivity (Wildman–Crippen MR) is 68.4 cm³/mol. The van der Waals surface area contributed by atoms with Crippen molar-refractivity contribution in [1.29, 1.82) is 0 Å². The van der Waals surface area contributed by atoms with E-state index in [-0.39, 0.29) is 5.97 Å². The maximum atomic E-state index is 11.9. The minimum absolute atomic E-state index is 0.148. The molecule has 0 heterocycles. The van der Waals surface area contributed by atoms with Crippen LogP contribution in [0, 0.1) is 0 Å². The molecule has 0 saturated heterocycles. The van der Waals surface area contributed by atoms with Crippen LogP contribution in [0.3, 0.4) is 0 Å². The molecule has 0 aliphatic carbocycles. The number of rotatable bonds is 6. The molecule has 0 fully saturated rings. The van der Waals surface area contributed by atoms with Crippen molar-refractivity contribution in [2.75, 3.05) is 0 Å². The van der Waals surface area contributed by atoms with Crippen LogP contribution in [0.1, 0.15) is 66.7 Å². The van der Waals surface area contributed by atoms with E-state index in [1.165, 1.54) is 0 Å². The molecule has 0 bridgehead atoms. The van der Waals surface area contributed by atoms with E-state index < -0.39 is 5.60 Å². The van der Waals surface area contributed by atoms with Crippen molar-refractivity contribution in [3.05, 3.63) is 11.6 Å². The summed E-state index contributed by atoms with van der Waals surface area (Å²) in [7, 11) is 0. The minimum Gasteiger partial charge on any atom is -0.457 e. The first kappa shape index (κ1) is 15.2. The fraction of sp³-hybridized carbons (Fsp3) is 0.786. The van der Waals surface area contributed by atoms with Crippen molar-refractivity contribution in [3.8, 4) is 0 Å². The zero-order valence-electron chi connectivity index (χ0n) is 11.4. The summed E-state index contributed by atoms with van der Waals surface area (Å²) in [6.07, 6.45) is 7.11. The summed E-state index contributed by atoms with van der Waals surface area (Å²) >= 11 is 0. The summed E-state index contributed by atoms with van der Waals surface area (Å²) in [5.41, 5.74) is 0.445. The summed E-state index contributed by atoms with van der Waals surface area (Å²) < 4.78 is 5.38. The molecule has 0 aliphatic rings. The third-order valence-corrected chi connectivity index (χ3v) is 2.13. The first-order chi connectivity index (χ1) is 7.40. The quantitative estimate of drug-likeness (QED) is 0.384. The lowest BCUT2D eigenvalue weighted by atomic mass is 10.1. The van der Waals surface area contributed by atoms with E-state index in [0.29, 0.717) is 0 Å². The van der Waals surface area contributed by atoms with Gasteiger partial charge in [0.2, 0.25) is 0 Å². The number of carbonyl (C=O) groups excluding carboxylic acids is 1. The molecule has 0 aromatic carbocycles. The lowest BCUT2D eigenvalue weighted by Gasteiger charge is -2.20. The fourth-order valence-corrected chi connectivity index (χ4v) is 1.38. The van der Waals surface area contributed by atoms with Crippen molar-refractivity contribution >= 4 is 5.97 Å². The second-order valence-electron chi connectivity index (χ2n) is 5.12. The van der Waals surface area contributed by atoms with Crippen LogP contribution in [-0.2, 0) is 9.53 Å². The molecule has 0 aliphatic heterocycles. The van der Waals surface area contributed by atoms with E-state index in [1.807, 2.05) is 26.8 Å². The third kappa shape index (κ3) is 7.49. The molecule has 0 spiro atoms. The van der Waals surface area contributed by atoms with Gasteiger partial charge in [-0.1, -0.05) is 39.2 Å². The van der Waals surface area contributed by atoms with Crippen molar-refractivity contribution in [2.45, 2.75) is 72.3 Å². The zero-order chi connectivity index (χ0) is 12.6. The Morgan fingerprint density at radius 3 is 2.25 bits per heavy atom. The van der Waals surface area contributed by atoms with Crippen LogP contribution in [0.5, 0.6) is 0 Å². The normalized spacial score (nSPS) is 12.7. The monoisotopic (exact) mass is 226 g/mol. The number of hydrogen-bond acceptors (Lipinski definition) is 2. The summed E-state index contributed by atoms with van der Waals surface area (Å²) in [4.78, 5) is 11.9. The zero-order valence-corrected chi connectivity index (χ0v) is 11.4. The molecule has 0 aromatic rings.